The molecule has 0 saturated carbocycles. The number of fused-ring (bicyclic) bond motifs is 1. The van der Waals surface area contributed by atoms with Gasteiger partial charge >= 0.3 is 0 Å². The van der Waals surface area contributed by atoms with Gasteiger partial charge in [0.05, 0.1) is 12.8 Å². The molecule has 5 heteroatoms. The summed E-state index contributed by atoms with van der Waals surface area (Å²) in [4.78, 5) is 0. The van der Waals surface area contributed by atoms with E-state index in [1.807, 2.05) is 24.3 Å². The first-order chi connectivity index (χ1) is 8.92. The fraction of sp³-hybridized carbons (Fsp3) is 0.385. The molecule has 2 N–H and O–H groups in total. The van der Waals surface area contributed by atoms with E-state index in [1.54, 1.807) is 13.3 Å². The average Bonchev–Trinajstić information content (AvgIpc) is 2.43. The maximum absolute atomic E-state index is 4.96. The smallest absolute Gasteiger partial charge is 0.156 e. The molecule has 0 amide bonds. The van der Waals surface area contributed by atoms with Crippen molar-refractivity contribution in [1.82, 2.24) is 15.5 Å². The van der Waals surface area contributed by atoms with E-state index < -0.39 is 0 Å². The van der Waals surface area contributed by atoms with Gasteiger partial charge in [0, 0.05) is 37.5 Å². The highest BCUT2D eigenvalue weighted by Gasteiger charge is 2.01. The van der Waals surface area contributed by atoms with Crippen LogP contribution in [0, 0.1) is 0 Å². The van der Waals surface area contributed by atoms with Gasteiger partial charge in [-0.2, -0.15) is 5.10 Å². The molecular weight excluding hydrogens is 228 g/mol. The second-order valence-electron chi connectivity index (χ2n) is 3.95. The Labute approximate surface area is 107 Å². The standard InChI is InChI=1S/C13H18N4O/c1-18-9-8-14-6-7-15-13-12-5-3-2-4-11(12)10-16-17-13/h2-5,10,14H,6-9H2,1H3,(H,15,17). The van der Waals surface area contributed by atoms with Crippen LogP contribution in [0.4, 0.5) is 5.82 Å². The third kappa shape index (κ3) is 3.38. The van der Waals surface area contributed by atoms with Crippen molar-refractivity contribution in [2.45, 2.75) is 0 Å². The predicted octanol–water partition coefficient (Wildman–Crippen LogP) is 1.28. The zero-order valence-corrected chi connectivity index (χ0v) is 10.5. The van der Waals surface area contributed by atoms with Crippen LogP contribution in [0.3, 0.4) is 0 Å². The summed E-state index contributed by atoms with van der Waals surface area (Å²) in [5, 5.41) is 16.9. The van der Waals surface area contributed by atoms with Gasteiger partial charge in [-0.1, -0.05) is 24.3 Å². The van der Waals surface area contributed by atoms with Crippen molar-refractivity contribution >= 4 is 16.6 Å². The average molecular weight is 246 g/mol. The van der Waals surface area contributed by atoms with Crippen LogP contribution >= 0.6 is 0 Å². The highest BCUT2D eigenvalue weighted by atomic mass is 16.5. The van der Waals surface area contributed by atoms with Crippen LogP contribution in [0.25, 0.3) is 10.8 Å². The van der Waals surface area contributed by atoms with Crippen LogP contribution in [0.15, 0.2) is 30.5 Å². The quantitative estimate of drug-likeness (QED) is 0.721. The van der Waals surface area contributed by atoms with Crippen molar-refractivity contribution in [2.75, 3.05) is 38.7 Å². The number of hydrogen-bond acceptors (Lipinski definition) is 5. The lowest BCUT2D eigenvalue weighted by Crippen LogP contribution is -2.25. The second kappa shape index (κ2) is 6.88. The van der Waals surface area contributed by atoms with Gasteiger partial charge in [-0.3, -0.25) is 0 Å². The Morgan fingerprint density at radius 1 is 1.17 bits per heavy atom. The second-order valence-corrected chi connectivity index (χ2v) is 3.95. The van der Waals surface area contributed by atoms with Gasteiger partial charge in [-0.05, 0) is 0 Å². The van der Waals surface area contributed by atoms with Crippen LogP contribution < -0.4 is 10.6 Å². The first-order valence-corrected chi connectivity index (χ1v) is 6.06. The lowest BCUT2D eigenvalue weighted by atomic mass is 10.2. The summed E-state index contributed by atoms with van der Waals surface area (Å²) in [6, 6.07) is 8.09. The van der Waals surface area contributed by atoms with Gasteiger partial charge in [-0.25, -0.2) is 0 Å². The van der Waals surface area contributed by atoms with E-state index in [9.17, 15) is 0 Å². The Kier molecular flexibility index (Phi) is 4.87. The van der Waals surface area contributed by atoms with Crippen molar-refractivity contribution in [3.8, 4) is 0 Å². The lowest BCUT2D eigenvalue weighted by molar-refractivity contribution is 0.200. The van der Waals surface area contributed by atoms with Crippen LogP contribution in [0.5, 0.6) is 0 Å². The summed E-state index contributed by atoms with van der Waals surface area (Å²) in [6.45, 7) is 3.27. The minimum absolute atomic E-state index is 0.730. The van der Waals surface area contributed by atoms with Crippen LogP contribution in [-0.2, 0) is 4.74 Å². The van der Waals surface area contributed by atoms with Crippen molar-refractivity contribution < 1.29 is 4.74 Å². The summed E-state index contributed by atoms with van der Waals surface area (Å²) >= 11 is 0. The van der Waals surface area contributed by atoms with Gasteiger partial charge < -0.3 is 15.4 Å². The Balaban J connectivity index is 1.88. The number of nitrogens with one attached hydrogen (secondary N) is 2. The van der Waals surface area contributed by atoms with E-state index >= 15 is 0 Å². The maximum Gasteiger partial charge on any atom is 0.156 e. The van der Waals surface area contributed by atoms with Gasteiger partial charge in [0.15, 0.2) is 5.82 Å². The van der Waals surface area contributed by atoms with Gasteiger partial charge in [0.25, 0.3) is 0 Å². The molecule has 0 atom stereocenters. The molecule has 0 radical (unpaired) electrons. The van der Waals surface area contributed by atoms with Crippen LogP contribution in [0.2, 0.25) is 0 Å². The van der Waals surface area contributed by atoms with Crippen LogP contribution in [0.1, 0.15) is 0 Å². The largest absolute Gasteiger partial charge is 0.383 e. The summed E-state index contributed by atoms with van der Waals surface area (Å²) in [6.07, 6.45) is 1.78. The highest BCUT2D eigenvalue weighted by molar-refractivity contribution is 5.90. The number of hydrogen-bond donors (Lipinski definition) is 2. The molecule has 2 rings (SSSR count). The molecule has 1 aromatic carbocycles. The van der Waals surface area contributed by atoms with Gasteiger partial charge in [0.1, 0.15) is 0 Å². The summed E-state index contributed by atoms with van der Waals surface area (Å²) in [5.41, 5.74) is 0. The van der Waals surface area contributed by atoms with Crippen molar-refractivity contribution in [3.05, 3.63) is 30.5 Å². The maximum atomic E-state index is 4.96. The number of benzene rings is 1. The molecular formula is C13H18N4O. The number of aromatic nitrogens is 2. The third-order valence-corrected chi connectivity index (χ3v) is 2.65. The fourth-order valence-electron chi connectivity index (χ4n) is 1.73. The number of methoxy groups -OCH3 is 1. The summed E-state index contributed by atoms with van der Waals surface area (Å²) < 4.78 is 4.96. The summed E-state index contributed by atoms with van der Waals surface area (Å²) in [7, 11) is 1.70. The molecule has 0 bridgehead atoms. The molecule has 0 spiro atoms. The third-order valence-electron chi connectivity index (χ3n) is 2.65. The fourth-order valence-corrected chi connectivity index (χ4v) is 1.73. The SMILES string of the molecule is COCCNCCNc1nncc2ccccc12. The van der Waals surface area contributed by atoms with E-state index in [-0.39, 0.29) is 0 Å². The Bertz CT molecular complexity index is 484. The Morgan fingerprint density at radius 2 is 2.06 bits per heavy atom. The first kappa shape index (κ1) is 12.7. The van der Waals surface area contributed by atoms with Crippen molar-refractivity contribution in [2.24, 2.45) is 0 Å². The predicted molar refractivity (Wildman–Crippen MR) is 72.8 cm³/mol. The van der Waals surface area contributed by atoms with E-state index in [2.05, 4.69) is 20.8 Å². The monoisotopic (exact) mass is 246 g/mol. The molecule has 0 aliphatic rings. The zero-order valence-electron chi connectivity index (χ0n) is 10.5. The van der Waals surface area contributed by atoms with E-state index in [4.69, 9.17) is 4.74 Å². The Hall–Kier alpha value is -1.72. The van der Waals surface area contributed by atoms with Gasteiger partial charge in [0.2, 0.25) is 0 Å². The van der Waals surface area contributed by atoms with Crippen molar-refractivity contribution in [1.29, 1.82) is 0 Å². The van der Waals surface area contributed by atoms with E-state index in [1.165, 1.54) is 0 Å². The van der Waals surface area contributed by atoms with Gasteiger partial charge in [-0.15, -0.1) is 5.10 Å². The number of rotatable bonds is 7. The first-order valence-electron chi connectivity index (χ1n) is 6.06. The normalized spacial score (nSPS) is 10.7. The minimum atomic E-state index is 0.730. The zero-order chi connectivity index (χ0) is 12.6. The molecule has 0 aliphatic heterocycles. The molecule has 1 heterocycles. The Morgan fingerprint density at radius 3 is 2.94 bits per heavy atom. The van der Waals surface area contributed by atoms with Crippen molar-refractivity contribution in [3.63, 3.8) is 0 Å². The molecule has 0 unspecified atom stereocenters. The molecule has 96 valence electrons. The number of nitrogens with zero attached hydrogens (tertiary/aromatic N) is 2. The molecule has 0 saturated heterocycles. The molecule has 0 fully saturated rings. The molecule has 0 aliphatic carbocycles. The summed E-state index contributed by atoms with van der Waals surface area (Å²) in [5.74, 6) is 0.835. The topological polar surface area (TPSA) is 59.1 Å². The minimum Gasteiger partial charge on any atom is -0.383 e. The van der Waals surface area contributed by atoms with E-state index in [0.717, 1.165) is 42.8 Å². The van der Waals surface area contributed by atoms with Crippen LogP contribution in [-0.4, -0.2) is 43.5 Å². The number of ether oxygens (including phenoxy) is 1. The molecule has 18 heavy (non-hydrogen) atoms. The van der Waals surface area contributed by atoms with E-state index in [0.29, 0.717) is 0 Å². The molecule has 1 aromatic heterocycles. The number of anilines is 1. The lowest BCUT2D eigenvalue weighted by Gasteiger charge is -2.08. The highest BCUT2D eigenvalue weighted by Crippen LogP contribution is 2.18. The molecule has 5 nitrogen and oxygen atoms in total. The molecule has 2 aromatic rings.